The summed E-state index contributed by atoms with van der Waals surface area (Å²) in [6.07, 6.45) is -3.78. The zero-order chi connectivity index (χ0) is 15.6. The van der Waals surface area contributed by atoms with Gasteiger partial charge in [0.1, 0.15) is 0 Å². The molecule has 0 radical (unpaired) electrons. The predicted octanol–water partition coefficient (Wildman–Crippen LogP) is 4.11. The zero-order valence-electron chi connectivity index (χ0n) is 11.9. The van der Waals surface area contributed by atoms with E-state index >= 15 is 0 Å². The minimum atomic E-state index is -4.08. The number of nitrogens with two attached hydrogens (primary N) is 1. The molecular formula is C15H20BrF3N2. The van der Waals surface area contributed by atoms with Gasteiger partial charge in [-0.05, 0) is 44.5 Å². The lowest BCUT2D eigenvalue weighted by Crippen LogP contribution is -2.45. The van der Waals surface area contributed by atoms with Gasteiger partial charge in [-0.3, -0.25) is 4.90 Å². The normalized spacial score (nSPS) is 21.2. The smallest absolute Gasteiger partial charge is 0.326 e. The highest BCUT2D eigenvalue weighted by Gasteiger charge is 2.42. The van der Waals surface area contributed by atoms with E-state index in [9.17, 15) is 13.2 Å². The van der Waals surface area contributed by atoms with Crippen molar-refractivity contribution in [3.05, 3.63) is 34.3 Å². The summed E-state index contributed by atoms with van der Waals surface area (Å²) in [5.41, 5.74) is 7.14. The van der Waals surface area contributed by atoms with Crippen LogP contribution in [0.15, 0.2) is 28.7 Å². The van der Waals surface area contributed by atoms with Crippen LogP contribution in [0.25, 0.3) is 0 Å². The standard InChI is InChI=1S/C15H20BrF3N2/c1-10(20)14(12-4-2-3-5-13(12)16)21-8-6-11(7-9-21)15(17,18)19/h2-5,10-11,14H,6-9,20H2,1H3. The molecule has 118 valence electrons. The Morgan fingerprint density at radius 1 is 1.24 bits per heavy atom. The van der Waals surface area contributed by atoms with Crippen molar-refractivity contribution < 1.29 is 13.2 Å². The van der Waals surface area contributed by atoms with Gasteiger partial charge in [-0.1, -0.05) is 34.1 Å². The van der Waals surface area contributed by atoms with Crippen LogP contribution in [0.3, 0.4) is 0 Å². The van der Waals surface area contributed by atoms with Crippen LogP contribution >= 0.6 is 15.9 Å². The number of likely N-dealkylation sites (tertiary alicyclic amines) is 1. The number of halogens is 4. The van der Waals surface area contributed by atoms with Crippen molar-refractivity contribution in [2.24, 2.45) is 11.7 Å². The molecule has 21 heavy (non-hydrogen) atoms. The lowest BCUT2D eigenvalue weighted by Gasteiger charge is -2.40. The van der Waals surface area contributed by atoms with E-state index in [1.807, 2.05) is 31.2 Å². The predicted molar refractivity (Wildman–Crippen MR) is 80.9 cm³/mol. The van der Waals surface area contributed by atoms with Gasteiger partial charge in [0.15, 0.2) is 0 Å². The van der Waals surface area contributed by atoms with E-state index in [2.05, 4.69) is 20.8 Å². The first kappa shape index (κ1) is 16.8. The van der Waals surface area contributed by atoms with E-state index in [1.165, 1.54) is 0 Å². The Morgan fingerprint density at radius 2 is 1.81 bits per heavy atom. The van der Waals surface area contributed by atoms with E-state index in [0.29, 0.717) is 13.1 Å². The van der Waals surface area contributed by atoms with Crippen LogP contribution in [0, 0.1) is 5.92 Å². The Balaban J connectivity index is 2.13. The molecule has 1 fully saturated rings. The van der Waals surface area contributed by atoms with Crippen molar-refractivity contribution in [2.45, 2.75) is 38.0 Å². The Bertz CT molecular complexity index is 468. The Morgan fingerprint density at radius 3 is 2.29 bits per heavy atom. The van der Waals surface area contributed by atoms with Crippen LogP contribution in [-0.4, -0.2) is 30.2 Å². The van der Waals surface area contributed by atoms with Gasteiger partial charge in [0.05, 0.1) is 12.0 Å². The van der Waals surface area contributed by atoms with Crippen LogP contribution in [0.1, 0.15) is 31.4 Å². The van der Waals surface area contributed by atoms with E-state index in [1.54, 1.807) is 0 Å². The molecular weight excluding hydrogens is 345 g/mol. The molecule has 0 amide bonds. The van der Waals surface area contributed by atoms with Gasteiger partial charge < -0.3 is 5.73 Å². The van der Waals surface area contributed by atoms with Crippen LogP contribution in [0.4, 0.5) is 13.2 Å². The van der Waals surface area contributed by atoms with Crippen LogP contribution in [-0.2, 0) is 0 Å². The summed E-state index contributed by atoms with van der Waals surface area (Å²) >= 11 is 3.51. The topological polar surface area (TPSA) is 29.3 Å². The van der Waals surface area contributed by atoms with E-state index < -0.39 is 12.1 Å². The van der Waals surface area contributed by atoms with Crippen molar-refractivity contribution >= 4 is 15.9 Å². The SMILES string of the molecule is CC(N)C(c1ccccc1Br)N1CCC(C(F)(F)F)CC1. The van der Waals surface area contributed by atoms with Crippen molar-refractivity contribution in [2.75, 3.05) is 13.1 Å². The molecule has 2 atom stereocenters. The molecule has 2 unspecified atom stereocenters. The maximum absolute atomic E-state index is 12.8. The number of alkyl halides is 3. The fourth-order valence-corrected chi connectivity index (χ4v) is 3.55. The molecule has 0 saturated carbocycles. The quantitative estimate of drug-likeness (QED) is 0.874. The monoisotopic (exact) mass is 364 g/mol. The number of piperidine rings is 1. The summed E-state index contributed by atoms with van der Waals surface area (Å²) in [6.45, 7) is 2.76. The molecule has 2 N–H and O–H groups in total. The number of hydrogen-bond donors (Lipinski definition) is 1. The molecule has 1 aliphatic rings. The highest BCUT2D eigenvalue weighted by Crippen LogP contribution is 2.38. The molecule has 0 spiro atoms. The van der Waals surface area contributed by atoms with Gasteiger partial charge in [-0.15, -0.1) is 0 Å². The number of nitrogens with zero attached hydrogens (tertiary/aromatic N) is 1. The first-order chi connectivity index (χ1) is 9.80. The first-order valence-corrected chi connectivity index (χ1v) is 7.90. The molecule has 1 aromatic carbocycles. The molecule has 2 nitrogen and oxygen atoms in total. The maximum atomic E-state index is 12.8. The summed E-state index contributed by atoms with van der Waals surface area (Å²) in [4.78, 5) is 2.08. The highest BCUT2D eigenvalue weighted by atomic mass is 79.9. The molecule has 6 heteroatoms. The molecule has 2 rings (SSSR count). The molecule has 1 saturated heterocycles. The fraction of sp³-hybridized carbons (Fsp3) is 0.600. The summed E-state index contributed by atoms with van der Waals surface area (Å²) in [5.74, 6) is -1.18. The summed E-state index contributed by atoms with van der Waals surface area (Å²) < 4.78 is 39.2. The van der Waals surface area contributed by atoms with Gasteiger partial charge in [-0.2, -0.15) is 13.2 Å². The first-order valence-electron chi connectivity index (χ1n) is 7.11. The highest BCUT2D eigenvalue weighted by molar-refractivity contribution is 9.10. The number of rotatable bonds is 3. The van der Waals surface area contributed by atoms with Gasteiger partial charge in [0.2, 0.25) is 0 Å². The maximum Gasteiger partial charge on any atom is 0.391 e. The van der Waals surface area contributed by atoms with Gasteiger partial charge >= 0.3 is 6.18 Å². The summed E-state index contributed by atoms with van der Waals surface area (Å²) in [5, 5.41) is 0. The molecule has 0 aliphatic carbocycles. The van der Waals surface area contributed by atoms with Crippen molar-refractivity contribution in [3.63, 3.8) is 0 Å². The lowest BCUT2D eigenvalue weighted by atomic mass is 9.91. The minimum Gasteiger partial charge on any atom is -0.326 e. The number of hydrogen-bond acceptors (Lipinski definition) is 2. The minimum absolute atomic E-state index is 0.0604. The van der Waals surface area contributed by atoms with Gasteiger partial charge in [0, 0.05) is 10.5 Å². The van der Waals surface area contributed by atoms with Crippen LogP contribution < -0.4 is 5.73 Å². The number of benzene rings is 1. The summed E-state index contributed by atoms with van der Waals surface area (Å²) in [6, 6.07) is 7.56. The van der Waals surface area contributed by atoms with Crippen molar-refractivity contribution in [1.29, 1.82) is 0 Å². The second kappa shape index (κ2) is 6.67. The molecule has 1 heterocycles. The fourth-order valence-electron chi connectivity index (χ4n) is 3.03. The molecule has 0 aromatic heterocycles. The largest absolute Gasteiger partial charge is 0.391 e. The molecule has 0 bridgehead atoms. The second-order valence-corrected chi connectivity index (χ2v) is 6.53. The van der Waals surface area contributed by atoms with E-state index in [0.717, 1.165) is 10.0 Å². The molecule has 1 aromatic rings. The van der Waals surface area contributed by atoms with E-state index in [-0.39, 0.29) is 24.9 Å². The van der Waals surface area contributed by atoms with Crippen LogP contribution in [0.2, 0.25) is 0 Å². The Hall–Kier alpha value is -0.590. The third-order valence-corrected chi connectivity index (χ3v) is 4.83. The second-order valence-electron chi connectivity index (χ2n) is 5.68. The van der Waals surface area contributed by atoms with Crippen molar-refractivity contribution in [3.8, 4) is 0 Å². The third-order valence-electron chi connectivity index (χ3n) is 4.11. The average molecular weight is 365 g/mol. The average Bonchev–Trinajstić information content (AvgIpc) is 2.40. The Labute approximate surface area is 131 Å². The van der Waals surface area contributed by atoms with Crippen molar-refractivity contribution in [1.82, 2.24) is 4.90 Å². The Kier molecular flexibility index (Phi) is 5.33. The van der Waals surface area contributed by atoms with Gasteiger partial charge in [-0.25, -0.2) is 0 Å². The van der Waals surface area contributed by atoms with Crippen LogP contribution in [0.5, 0.6) is 0 Å². The molecule has 1 aliphatic heterocycles. The lowest BCUT2D eigenvalue weighted by molar-refractivity contribution is -0.186. The van der Waals surface area contributed by atoms with Gasteiger partial charge in [0.25, 0.3) is 0 Å². The summed E-state index contributed by atoms with van der Waals surface area (Å²) in [7, 11) is 0. The zero-order valence-corrected chi connectivity index (χ0v) is 13.5. The van der Waals surface area contributed by atoms with E-state index in [4.69, 9.17) is 5.73 Å². The third kappa shape index (κ3) is 3.99.